The molecule has 7 nitrogen and oxygen atoms in total. The van der Waals surface area contributed by atoms with Crippen LogP contribution in [-0.4, -0.2) is 55.0 Å². The van der Waals surface area contributed by atoms with Crippen molar-refractivity contribution in [1.29, 1.82) is 0 Å². The summed E-state index contributed by atoms with van der Waals surface area (Å²) in [6, 6.07) is 0. The van der Waals surface area contributed by atoms with E-state index in [-0.39, 0.29) is 29.9 Å². The Labute approximate surface area is 124 Å². The van der Waals surface area contributed by atoms with Crippen molar-refractivity contribution in [2.45, 2.75) is 24.3 Å². The Morgan fingerprint density at radius 2 is 1.63 bits per heavy atom. The third-order valence-electron chi connectivity index (χ3n) is 3.80. The van der Waals surface area contributed by atoms with Crippen LogP contribution < -0.4 is 12.4 Å². The van der Waals surface area contributed by atoms with Gasteiger partial charge in [0.1, 0.15) is 0 Å². The molecule has 0 amide bonds. The van der Waals surface area contributed by atoms with E-state index >= 15 is 0 Å². The molecule has 19 heavy (non-hydrogen) atoms. The first-order valence-corrected chi connectivity index (χ1v) is 9.44. The Hall–Kier alpha value is 0.900. The van der Waals surface area contributed by atoms with E-state index in [9.17, 15) is 28.7 Å². The Morgan fingerprint density at radius 1 is 1.16 bits per heavy atom. The number of piperidine rings is 1. The zero-order chi connectivity index (χ0) is 14.2. The minimum atomic E-state index is -4.97. The van der Waals surface area contributed by atoms with Crippen LogP contribution in [0.4, 0.5) is 0 Å². The van der Waals surface area contributed by atoms with Gasteiger partial charge in [0.2, 0.25) is 0 Å². The van der Waals surface area contributed by atoms with Crippen molar-refractivity contribution in [3.05, 3.63) is 0 Å². The quantitative estimate of drug-likeness (QED) is 0.217. The fraction of sp³-hybridized carbons (Fsp3) is 1.00. The smallest absolute Gasteiger partial charge is 0.398 e. The van der Waals surface area contributed by atoms with Gasteiger partial charge in [-0.25, -0.2) is 0 Å². The lowest BCUT2D eigenvalue weighted by atomic mass is 10.1. The highest BCUT2D eigenvalue weighted by atomic mass is 35.5. The normalized spacial score (nSPS) is 27.7. The molecule has 0 aliphatic carbocycles. The summed E-state index contributed by atoms with van der Waals surface area (Å²) < 4.78 is 23.3. The van der Waals surface area contributed by atoms with Crippen molar-refractivity contribution in [2.75, 3.05) is 25.9 Å². The van der Waals surface area contributed by atoms with Gasteiger partial charge in [0.25, 0.3) is 5.02 Å². The highest BCUT2D eigenvalue weighted by Crippen LogP contribution is 2.75. The average molecular weight is 356 g/mol. The van der Waals surface area contributed by atoms with Gasteiger partial charge in [-0.1, -0.05) is 0 Å². The molecule has 0 aromatic heterocycles. The molecule has 0 spiro atoms. The van der Waals surface area contributed by atoms with E-state index in [1.54, 1.807) is 0 Å². The monoisotopic (exact) mass is 355 g/mol. The van der Waals surface area contributed by atoms with Gasteiger partial charge in [-0.2, -0.15) is 12.6 Å². The maximum atomic E-state index is 11.8. The van der Waals surface area contributed by atoms with Crippen molar-refractivity contribution in [3.8, 4) is 0 Å². The third-order valence-corrected chi connectivity index (χ3v) is 8.85. The maximum absolute atomic E-state index is 11.8. The molecule has 0 bridgehead atoms. The largest absolute Gasteiger partial charge is 1.00 e. The number of quaternary nitrogens is 1. The second-order valence-corrected chi connectivity index (χ2v) is 9.34. The van der Waals surface area contributed by atoms with E-state index in [0.29, 0.717) is 25.1 Å². The molecule has 0 aromatic rings. The van der Waals surface area contributed by atoms with Crippen LogP contribution in [0, 0.1) is 0 Å². The van der Waals surface area contributed by atoms with Gasteiger partial charge in [0.05, 0.1) is 20.1 Å². The number of nitrogens with zero attached hydrogens (tertiary/aromatic N) is 1. The minimum Gasteiger partial charge on any atom is -1.00 e. The Morgan fingerprint density at radius 3 is 2.00 bits per heavy atom. The van der Waals surface area contributed by atoms with Gasteiger partial charge in [0.15, 0.2) is 0 Å². The van der Waals surface area contributed by atoms with Gasteiger partial charge in [-0.15, -0.1) is 0 Å². The molecule has 116 valence electrons. The van der Waals surface area contributed by atoms with E-state index in [0.717, 1.165) is 0 Å². The minimum absolute atomic E-state index is 0. The summed E-state index contributed by atoms with van der Waals surface area (Å²) in [6.45, 7) is 0.538. The van der Waals surface area contributed by atoms with E-state index in [1.807, 2.05) is 0 Å². The standard InChI is InChI=1S/C8H19NO6P2S.ClH/c1-9(6-7-18)5-3-2-4-8(9,16(10,11)12)17(13,14)15;/h2-7H2,1H3,(H4-,10,11,12,13,14,15,18);1H. The molecule has 0 saturated carbocycles. The van der Waals surface area contributed by atoms with E-state index < -0.39 is 20.2 Å². The van der Waals surface area contributed by atoms with Crippen molar-refractivity contribution in [1.82, 2.24) is 0 Å². The molecule has 1 saturated heterocycles. The van der Waals surface area contributed by atoms with Crippen LogP contribution >= 0.6 is 27.8 Å². The van der Waals surface area contributed by atoms with Crippen molar-refractivity contribution in [3.63, 3.8) is 0 Å². The van der Waals surface area contributed by atoms with Crippen LogP contribution in [0.2, 0.25) is 0 Å². The molecule has 0 radical (unpaired) electrons. The lowest BCUT2D eigenvalue weighted by Gasteiger charge is -2.52. The summed E-state index contributed by atoms with van der Waals surface area (Å²) in [6.07, 6.45) is 0.911. The topological polar surface area (TPSA) is 115 Å². The first-order chi connectivity index (χ1) is 8.02. The van der Waals surface area contributed by atoms with E-state index in [2.05, 4.69) is 12.6 Å². The zero-order valence-corrected chi connectivity index (χ0v) is 14.0. The molecule has 1 atom stereocenters. The zero-order valence-electron chi connectivity index (χ0n) is 10.5. The maximum Gasteiger partial charge on any atom is 0.398 e. The number of thiol groups is 1. The second kappa shape index (κ2) is 6.34. The van der Waals surface area contributed by atoms with Crippen LogP contribution in [0.25, 0.3) is 0 Å². The van der Waals surface area contributed by atoms with Gasteiger partial charge < -0.3 is 36.5 Å². The van der Waals surface area contributed by atoms with Crippen molar-refractivity contribution in [2.24, 2.45) is 0 Å². The van der Waals surface area contributed by atoms with Gasteiger partial charge >= 0.3 is 15.2 Å². The predicted octanol–water partition coefficient (Wildman–Crippen LogP) is -2.44. The molecular weight excluding hydrogens is 336 g/mol. The molecule has 1 unspecified atom stereocenters. The Balaban J connectivity index is 0.00000324. The summed E-state index contributed by atoms with van der Waals surface area (Å²) in [5.74, 6) is 0.304. The van der Waals surface area contributed by atoms with Crippen molar-refractivity contribution < 1.29 is 45.6 Å². The summed E-state index contributed by atoms with van der Waals surface area (Å²) in [5, 5.41) is -2.32. The molecular formula is C8H20ClNO6P2S. The van der Waals surface area contributed by atoms with Crippen molar-refractivity contribution >= 4 is 27.8 Å². The van der Waals surface area contributed by atoms with Gasteiger partial charge in [-0.05, 0) is 12.8 Å². The molecule has 4 N–H and O–H groups in total. The molecule has 1 heterocycles. The fourth-order valence-corrected chi connectivity index (χ4v) is 7.23. The van der Waals surface area contributed by atoms with Crippen LogP contribution in [0.5, 0.6) is 0 Å². The number of hydrogen-bond acceptors (Lipinski definition) is 3. The molecule has 11 heteroatoms. The van der Waals surface area contributed by atoms with E-state index in [4.69, 9.17) is 0 Å². The number of rotatable bonds is 4. The Bertz CT molecular complexity index is 386. The fourth-order valence-electron chi connectivity index (χ4n) is 2.87. The number of hydrogen-bond donors (Lipinski definition) is 5. The first kappa shape index (κ1) is 19.9. The predicted molar refractivity (Wildman–Crippen MR) is 70.4 cm³/mol. The summed E-state index contributed by atoms with van der Waals surface area (Å²) in [5.41, 5.74) is 0. The molecule has 1 fully saturated rings. The van der Waals surface area contributed by atoms with Crippen LogP contribution in [0.15, 0.2) is 0 Å². The van der Waals surface area contributed by atoms with Crippen LogP contribution in [0.1, 0.15) is 19.3 Å². The molecule has 1 rings (SSSR count). The summed E-state index contributed by atoms with van der Waals surface area (Å²) in [7, 11) is -8.45. The van der Waals surface area contributed by atoms with Crippen LogP contribution in [-0.2, 0) is 9.13 Å². The Kier molecular flexibility index (Phi) is 6.64. The second-order valence-electron chi connectivity index (χ2n) is 4.89. The van der Waals surface area contributed by atoms with Gasteiger partial charge in [-0.3, -0.25) is 9.13 Å². The van der Waals surface area contributed by atoms with E-state index in [1.165, 1.54) is 7.05 Å². The SMILES string of the molecule is C[N+]1(CCS)CCCCC1(P(=O)(O)O)P(=O)(O)O.[Cl-]. The first-order valence-electron chi connectivity index (χ1n) is 5.59. The average Bonchev–Trinajstić information content (AvgIpc) is 2.14. The highest BCUT2D eigenvalue weighted by Gasteiger charge is 2.72. The molecule has 1 aliphatic rings. The summed E-state index contributed by atoms with van der Waals surface area (Å²) in [4.78, 5) is 38.3. The highest BCUT2D eigenvalue weighted by molar-refractivity contribution is 7.80. The molecule has 1 aliphatic heterocycles. The third kappa shape index (κ3) is 3.23. The number of likely N-dealkylation sites (tertiary alicyclic amines) is 1. The lowest BCUT2D eigenvalue weighted by Crippen LogP contribution is -3.00. The number of halogens is 1. The summed E-state index contributed by atoms with van der Waals surface area (Å²) >= 11 is 4.03. The molecule has 0 aromatic carbocycles. The lowest BCUT2D eigenvalue weighted by molar-refractivity contribution is -0.935. The van der Waals surface area contributed by atoms with Gasteiger partial charge in [0, 0.05) is 12.2 Å². The van der Waals surface area contributed by atoms with Crippen LogP contribution in [0.3, 0.4) is 0 Å².